The smallest absolute Gasteiger partial charge is 0.240 e. The number of benzene rings is 1. The Labute approximate surface area is 112 Å². The molecule has 1 aliphatic rings. The van der Waals surface area contributed by atoms with Gasteiger partial charge in [-0.05, 0) is 44.9 Å². The van der Waals surface area contributed by atoms with Gasteiger partial charge in [0, 0.05) is 17.5 Å². The van der Waals surface area contributed by atoms with E-state index in [1.165, 1.54) is 0 Å². The molecule has 0 unspecified atom stereocenters. The van der Waals surface area contributed by atoms with Gasteiger partial charge in [0.15, 0.2) is 0 Å². The summed E-state index contributed by atoms with van der Waals surface area (Å²) in [6.07, 6.45) is 3.64. The molecule has 3 rings (SSSR count). The van der Waals surface area contributed by atoms with E-state index in [-0.39, 0.29) is 12.1 Å². The van der Waals surface area contributed by atoms with Crippen molar-refractivity contribution in [2.45, 2.75) is 43.7 Å². The van der Waals surface area contributed by atoms with Gasteiger partial charge in [-0.1, -0.05) is 0 Å². The van der Waals surface area contributed by atoms with E-state index in [4.69, 9.17) is 0 Å². The highest BCUT2D eigenvalue weighted by Gasteiger charge is 2.28. The topological polar surface area (TPSA) is 64.0 Å². The summed E-state index contributed by atoms with van der Waals surface area (Å²) < 4.78 is 28.9. The third-order valence-electron chi connectivity index (χ3n) is 3.27. The van der Waals surface area contributed by atoms with Gasteiger partial charge in [-0.15, -0.1) is 0 Å². The zero-order valence-electron chi connectivity index (χ0n) is 11.0. The van der Waals surface area contributed by atoms with Crippen molar-refractivity contribution in [3.8, 4) is 0 Å². The molecule has 0 atom stereocenters. The van der Waals surface area contributed by atoms with E-state index in [9.17, 15) is 8.42 Å². The molecule has 0 radical (unpaired) electrons. The van der Waals surface area contributed by atoms with E-state index in [1.54, 1.807) is 18.3 Å². The van der Waals surface area contributed by atoms with Crippen LogP contribution in [0.15, 0.2) is 29.3 Å². The molecule has 102 valence electrons. The van der Waals surface area contributed by atoms with Crippen molar-refractivity contribution in [2.75, 3.05) is 0 Å². The molecule has 0 saturated heterocycles. The second-order valence-corrected chi connectivity index (χ2v) is 7.01. The third kappa shape index (κ3) is 2.37. The zero-order chi connectivity index (χ0) is 13.6. The van der Waals surface area contributed by atoms with Crippen LogP contribution in [0.25, 0.3) is 10.9 Å². The Morgan fingerprint density at radius 2 is 2.11 bits per heavy atom. The number of hydrogen-bond acceptors (Lipinski definition) is 3. The Kier molecular flexibility index (Phi) is 2.87. The molecule has 1 N–H and O–H groups in total. The van der Waals surface area contributed by atoms with Crippen molar-refractivity contribution in [2.24, 2.45) is 0 Å². The van der Waals surface area contributed by atoms with Gasteiger partial charge in [0.2, 0.25) is 10.0 Å². The second-order valence-electron chi connectivity index (χ2n) is 5.30. The molecule has 0 bridgehead atoms. The fourth-order valence-corrected chi connectivity index (χ4v) is 3.41. The van der Waals surface area contributed by atoms with Crippen LogP contribution < -0.4 is 4.72 Å². The predicted molar refractivity (Wildman–Crippen MR) is 73.5 cm³/mol. The minimum atomic E-state index is -3.40. The number of nitrogens with one attached hydrogen (secondary N) is 1. The lowest BCUT2D eigenvalue weighted by molar-refractivity contribution is 0.550. The van der Waals surface area contributed by atoms with E-state index in [0.717, 1.165) is 23.7 Å². The second kappa shape index (κ2) is 4.31. The molecule has 1 heterocycles. The Morgan fingerprint density at radius 3 is 2.74 bits per heavy atom. The fraction of sp³-hybridized carbons (Fsp3) is 0.462. The van der Waals surface area contributed by atoms with E-state index >= 15 is 0 Å². The van der Waals surface area contributed by atoms with Crippen LogP contribution in [0.2, 0.25) is 0 Å². The first-order chi connectivity index (χ1) is 8.97. The van der Waals surface area contributed by atoms with Crippen molar-refractivity contribution in [1.82, 2.24) is 14.5 Å². The van der Waals surface area contributed by atoms with Gasteiger partial charge in [0.05, 0.1) is 16.6 Å². The summed E-state index contributed by atoms with van der Waals surface area (Å²) in [5.74, 6) is 0. The number of fused-ring (bicyclic) bond motifs is 1. The first-order valence-electron chi connectivity index (χ1n) is 6.47. The van der Waals surface area contributed by atoms with E-state index < -0.39 is 10.0 Å². The quantitative estimate of drug-likeness (QED) is 0.931. The van der Waals surface area contributed by atoms with Gasteiger partial charge in [-0.25, -0.2) is 13.1 Å². The number of sulfonamides is 1. The molecule has 5 nitrogen and oxygen atoms in total. The minimum Gasteiger partial charge on any atom is -0.262 e. The molecule has 0 aliphatic heterocycles. The highest BCUT2D eigenvalue weighted by Crippen LogP contribution is 2.25. The third-order valence-corrected chi connectivity index (χ3v) is 4.79. The molecule has 2 aromatic rings. The standard InChI is InChI=1S/C13H17N3O2S/c1-9(2)16-13-7-12(6-3-10(13)8-14-16)19(17,18)15-11-4-5-11/h3,6-9,11,15H,4-5H2,1-2H3. The van der Waals surface area contributed by atoms with Crippen LogP contribution in [0, 0.1) is 0 Å². The summed E-state index contributed by atoms with van der Waals surface area (Å²) in [7, 11) is -3.40. The number of rotatable bonds is 4. The van der Waals surface area contributed by atoms with Gasteiger partial charge < -0.3 is 0 Å². The van der Waals surface area contributed by atoms with Crippen molar-refractivity contribution in [3.63, 3.8) is 0 Å². The number of hydrogen-bond donors (Lipinski definition) is 1. The summed E-state index contributed by atoms with van der Waals surface area (Å²) in [4.78, 5) is 0.314. The monoisotopic (exact) mass is 279 g/mol. The molecule has 6 heteroatoms. The van der Waals surface area contributed by atoms with E-state index in [0.29, 0.717) is 4.90 Å². The molecule has 1 fully saturated rings. The number of nitrogens with zero attached hydrogens (tertiary/aromatic N) is 2. The predicted octanol–water partition coefficient (Wildman–Crippen LogP) is 2.06. The van der Waals surface area contributed by atoms with Crippen LogP contribution in [0.5, 0.6) is 0 Å². The lowest BCUT2D eigenvalue weighted by Gasteiger charge is -2.09. The van der Waals surface area contributed by atoms with Crippen LogP contribution in [-0.4, -0.2) is 24.2 Å². The molecule has 1 aromatic heterocycles. The normalized spacial score (nSPS) is 16.4. The van der Waals surface area contributed by atoms with Gasteiger partial charge >= 0.3 is 0 Å². The largest absolute Gasteiger partial charge is 0.262 e. The molecule has 1 aliphatic carbocycles. The summed E-state index contributed by atoms with van der Waals surface area (Å²) in [6, 6.07) is 5.47. The molecule has 0 spiro atoms. The average molecular weight is 279 g/mol. The Hall–Kier alpha value is -1.40. The highest BCUT2D eigenvalue weighted by atomic mass is 32.2. The molecular formula is C13H17N3O2S. The van der Waals surface area contributed by atoms with Gasteiger partial charge in [-0.3, -0.25) is 4.68 Å². The minimum absolute atomic E-state index is 0.121. The maximum atomic E-state index is 12.2. The maximum absolute atomic E-state index is 12.2. The van der Waals surface area contributed by atoms with Crippen molar-refractivity contribution in [1.29, 1.82) is 0 Å². The summed E-state index contributed by atoms with van der Waals surface area (Å²) in [5, 5.41) is 5.25. The van der Waals surface area contributed by atoms with Crippen LogP contribution in [0.4, 0.5) is 0 Å². The zero-order valence-corrected chi connectivity index (χ0v) is 11.8. The molecule has 1 aromatic carbocycles. The van der Waals surface area contributed by atoms with E-state index in [2.05, 4.69) is 9.82 Å². The maximum Gasteiger partial charge on any atom is 0.240 e. The summed E-state index contributed by atoms with van der Waals surface area (Å²) in [5.41, 5.74) is 0.855. The lowest BCUT2D eigenvalue weighted by atomic mass is 10.2. The van der Waals surface area contributed by atoms with Crippen LogP contribution in [-0.2, 0) is 10.0 Å². The van der Waals surface area contributed by atoms with E-state index in [1.807, 2.05) is 24.6 Å². The summed E-state index contributed by atoms with van der Waals surface area (Å²) >= 11 is 0. The highest BCUT2D eigenvalue weighted by molar-refractivity contribution is 7.89. The lowest BCUT2D eigenvalue weighted by Crippen LogP contribution is -2.25. The SMILES string of the molecule is CC(C)n1ncc2ccc(S(=O)(=O)NC3CC3)cc21. The summed E-state index contributed by atoms with van der Waals surface area (Å²) in [6.45, 7) is 4.05. The van der Waals surface area contributed by atoms with Crippen molar-refractivity contribution >= 4 is 20.9 Å². The van der Waals surface area contributed by atoms with Crippen LogP contribution >= 0.6 is 0 Å². The van der Waals surface area contributed by atoms with Gasteiger partial charge in [0.25, 0.3) is 0 Å². The van der Waals surface area contributed by atoms with Crippen molar-refractivity contribution < 1.29 is 8.42 Å². The molecule has 1 saturated carbocycles. The van der Waals surface area contributed by atoms with Crippen LogP contribution in [0.3, 0.4) is 0 Å². The number of aromatic nitrogens is 2. The first kappa shape index (κ1) is 12.6. The molecule has 0 amide bonds. The Morgan fingerprint density at radius 1 is 1.37 bits per heavy atom. The fourth-order valence-electron chi connectivity index (χ4n) is 2.08. The van der Waals surface area contributed by atoms with Crippen LogP contribution in [0.1, 0.15) is 32.7 Å². The van der Waals surface area contributed by atoms with Gasteiger partial charge in [-0.2, -0.15) is 5.10 Å². The average Bonchev–Trinajstić information content (AvgIpc) is 3.04. The Balaban J connectivity index is 2.07. The Bertz CT molecular complexity index is 715. The van der Waals surface area contributed by atoms with Crippen molar-refractivity contribution in [3.05, 3.63) is 24.4 Å². The van der Waals surface area contributed by atoms with Gasteiger partial charge in [0.1, 0.15) is 0 Å². The molecule has 19 heavy (non-hydrogen) atoms. The first-order valence-corrected chi connectivity index (χ1v) is 7.95. The molecular weight excluding hydrogens is 262 g/mol.